The van der Waals surface area contributed by atoms with Crippen LogP contribution in [-0.4, -0.2) is 23.3 Å². The molecule has 1 aromatic heterocycles. The van der Waals surface area contributed by atoms with Crippen LogP contribution in [0.15, 0.2) is 12.3 Å². The molecule has 0 N–H and O–H groups in total. The summed E-state index contributed by atoms with van der Waals surface area (Å²) in [6.07, 6.45) is 2.18. The highest BCUT2D eigenvalue weighted by molar-refractivity contribution is 6.61. The van der Waals surface area contributed by atoms with Gasteiger partial charge in [0.05, 0.1) is 16.8 Å². The van der Waals surface area contributed by atoms with Gasteiger partial charge in [-0.2, -0.15) is 0 Å². The van der Waals surface area contributed by atoms with Crippen LogP contribution in [0.3, 0.4) is 0 Å². The van der Waals surface area contributed by atoms with E-state index in [1.165, 1.54) is 6.07 Å². The van der Waals surface area contributed by atoms with Crippen molar-refractivity contribution in [3.8, 4) is 0 Å². The molecule has 0 unspecified atom stereocenters. The SMILES string of the molecule is CCc1cnc(B2OC(C)(C)C(C)(C)O2)cc1F. The van der Waals surface area contributed by atoms with Crippen molar-refractivity contribution in [2.45, 2.75) is 52.2 Å². The minimum Gasteiger partial charge on any atom is -0.398 e. The smallest absolute Gasteiger partial charge is 0.398 e. The fourth-order valence-electron chi connectivity index (χ4n) is 1.83. The summed E-state index contributed by atoms with van der Waals surface area (Å²) in [5.74, 6) is -0.253. The van der Waals surface area contributed by atoms with Crippen molar-refractivity contribution < 1.29 is 13.7 Å². The van der Waals surface area contributed by atoms with Crippen molar-refractivity contribution in [3.05, 3.63) is 23.6 Å². The van der Waals surface area contributed by atoms with Crippen molar-refractivity contribution in [1.29, 1.82) is 0 Å². The lowest BCUT2D eigenvalue weighted by Gasteiger charge is -2.32. The maximum absolute atomic E-state index is 13.7. The summed E-state index contributed by atoms with van der Waals surface area (Å²) in [6, 6.07) is 1.40. The van der Waals surface area contributed by atoms with Gasteiger partial charge in [0, 0.05) is 11.8 Å². The van der Waals surface area contributed by atoms with E-state index in [-0.39, 0.29) is 5.82 Å². The second-order valence-corrected chi connectivity index (χ2v) is 5.64. The van der Waals surface area contributed by atoms with Gasteiger partial charge in [-0.25, -0.2) is 4.39 Å². The van der Waals surface area contributed by atoms with Crippen molar-refractivity contribution in [1.82, 2.24) is 4.98 Å². The van der Waals surface area contributed by atoms with Gasteiger partial charge in [-0.05, 0) is 40.2 Å². The first kappa shape index (κ1) is 13.5. The van der Waals surface area contributed by atoms with Crippen molar-refractivity contribution >= 4 is 12.7 Å². The van der Waals surface area contributed by atoms with Crippen LogP contribution in [0.4, 0.5) is 4.39 Å². The number of pyridine rings is 1. The zero-order valence-electron chi connectivity index (χ0n) is 11.6. The third-order valence-electron chi connectivity index (χ3n) is 3.83. The van der Waals surface area contributed by atoms with E-state index in [0.29, 0.717) is 17.6 Å². The number of halogens is 1. The Balaban J connectivity index is 2.27. The first-order valence-corrected chi connectivity index (χ1v) is 6.27. The van der Waals surface area contributed by atoms with E-state index in [9.17, 15) is 4.39 Å². The molecule has 1 saturated heterocycles. The summed E-state index contributed by atoms with van der Waals surface area (Å²) in [7, 11) is -0.601. The average Bonchev–Trinajstić information content (AvgIpc) is 2.48. The van der Waals surface area contributed by atoms with Gasteiger partial charge in [0.1, 0.15) is 5.82 Å². The number of aryl methyl sites for hydroxylation is 1. The summed E-state index contributed by atoms with van der Waals surface area (Å²) in [6.45, 7) is 9.75. The van der Waals surface area contributed by atoms with E-state index in [4.69, 9.17) is 9.31 Å². The Bertz CT molecular complexity index is 446. The standard InChI is InChI=1S/C13H19BFNO2/c1-6-9-8-16-11(7-10(9)15)14-17-12(2,3)13(4,5)18-14/h7-8H,6H2,1-5H3. The Morgan fingerprint density at radius 2 is 1.78 bits per heavy atom. The predicted molar refractivity (Wildman–Crippen MR) is 69.3 cm³/mol. The van der Waals surface area contributed by atoms with E-state index in [1.807, 2.05) is 34.6 Å². The van der Waals surface area contributed by atoms with E-state index >= 15 is 0 Å². The lowest BCUT2D eigenvalue weighted by Crippen LogP contribution is -2.41. The van der Waals surface area contributed by atoms with Gasteiger partial charge in [-0.15, -0.1) is 0 Å². The largest absolute Gasteiger partial charge is 0.514 e. The van der Waals surface area contributed by atoms with Crippen molar-refractivity contribution in [2.24, 2.45) is 0 Å². The van der Waals surface area contributed by atoms with Crippen LogP contribution in [-0.2, 0) is 15.7 Å². The van der Waals surface area contributed by atoms with E-state index in [2.05, 4.69) is 4.98 Å². The summed E-state index contributed by atoms with van der Waals surface area (Å²) in [5.41, 5.74) is 0.233. The van der Waals surface area contributed by atoms with E-state index < -0.39 is 18.3 Å². The third kappa shape index (κ3) is 2.17. The Morgan fingerprint density at radius 1 is 1.22 bits per heavy atom. The van der Waals surface area contributed by atoms with Crippen LogP contribution < -0.4 is 5.59 Å². The quantitative estimate of drug-likeness (QED) is 0.754. The molecule has 0 bridgehead atoms. The molecule has 1 aromatic rings. The van der Waals surface area contributed by atoms with Crippen LogP contribution in [0.2, 0.25) is 0 Å². The van der Waals surface area contributed by atoms with Crippen LogP contribution in [0, 0.1) is 5.82 Å². The number of nitrogens with zero attached hydrogens (tertiary/aromatic N) is 1. The molecule has 3 nitrogen and oxygen atoms in total. The first-order valence-electron chi connectivity index (χ1n) is 6.27. The molecule has 18 heavy (non-hydrogen) atoms. The highest BCUT2D eigenvalue weighted by Gasteiger charge is 2.52. The van der Waals surface area contributed by atoms with Gasteiger partial charge in [-0.1, -0.05) is 6.92 Å². The molecule has 0 saturated carbocycles. The monoisotopic (exact) mass is 251 g/mol. The maximum Gasteiger partial charge on any atom is 0.514 e. The van der Waals surface area contributed by atoms with Crippen molar-refractivity contribution in [2.75, 3.05) is 0 Å². The zero-order valence-corrected chi connectivity index (χ0v) is 11.6. The van der Waals surface area contributed by atoms with E-state index in [0.717, 1.165) is 0 Å². The van der Waals surface area contributed by atoms with E-state index in [1.54, 1.807) is 6.20 Å². The van der Waals surface area contributed by atoms with Crippen LogP contribution >= 0.6 is 0 Å². The molecule has 0 aliphatic carbocycles. The number of hydrogen-bond donors (Lipinski definition) is 0. The minimum atomic E-state index is -0.601. The van der Waals surface area contributed by atoms with Gasteiger partial charge in [0.25, 0.3) is 0 Å². The number of hydrogen-bond acceptors (Lipinski definition) is 3. The Hall–Kier alpha value is -0.935. The minimum absolute atomic E-state index is 0.253. The van der Waals surface area contributed by atoms with Crippen LogP contribution in [0.1, 0.15) is 40.2 Å². The fraction of sp³-hybridized carbons (Fsp3) is 0.615. The van der Waals surface area contributed by atoms with Gasteiger partial charge in [-0.3, -0.25) is 4.98 Å². The third-order valence-corrected chi connectivity index (χ3v) is 3.83. The molecule has 2 heterocycles. The Kier molecular flexibility index (Phi) is 3.24. The molecular formula is C13H19BFNO2. The topological polar surface area (TPSA) is 31.4 Å². The summed E-state index contributed by atoms with van der Waals surface area (Å²) < 4.78 is 25.4. The van der Waals surface area contributed by atoms with Crippen LogP contribution in [0.5, 0.6) is 0 Å². The highest BCUT2D eigenvalue weighted by atomic mass is 19.1. The number of rotatable bonds is 2. The molecular weight excluding hydrogens is 232 g/mol. The molecule has 1 aliphatic heterocycles. The molecule has 1 aliphatic rings. The summed E-state index contributed by atoms with van der Waals surface area (Å²) >= 11 is 0. The maximum atomic E-state index is 13.7. The molecule has 2 rings (SSSR count). The lowest BCUT2D eigenvalue weighted by molar-refractivity contribution is 0.00578. The Labute approximate surface area is 108 Å². The predicted octanol–water partition coefficient (Wildman–Crippen LogP) is 2.08. The Morgan fingerprint density at radius 3 is 2.22 bits per heavy atom. The van der Waals surface area contributed by atoms with Gasteiger partial charge < -0.3 is 9.31 Å². The number of aromatic nitrogens is 1. The summed E-state index contributed by atoms with van der Waals surface area (Å²) in [5, 5.41) is 0. The van der Waals surface area contributed by atoms with Crippen molar-refractivity contribution in [3.63, 3.8) is 0 Å². The zero-order chi connectivity index (χ0) is 13.6. The molecule has 0 radical (unpaired) electrons. The molecule has 98 valence electrons. The lowest BCUT2D eigenvalue weighted by atomic mass is 9.84. The molecule has 0 amide bonds. The van der Waals surface area contributed by atoms with Gasteiger partial charge >= 0.3 is 7.12 Å². The molecule has 0 aromatic carbocycles. The molecule has 0 spiro atoms. The second-order valence-electron chi connectivity index (χ2n) is 5.64. The average molecular weight is 251 g/mol. The second kappa shape index (κ2) is 4.32. The fourth-order valence-corrected chi connectivity index (χ4v) is 1.83. The first-order chi connectivity index (χ1) is 8.27. The van der Waals surface area contributed by atoms with Gasteiger partial charge in [0.2, 0.25) is 0 Å². The molecule has 5 heteroatoms. The molecule has 1 fully saturated rings. The highest BCUT2D eigenvalue weighted by Crippen LogP contribution is 2.36. The normalized spacial score (nSPS) is 21.3. The van der Waals surface area contributed by atoms with Gasteiger partial charge in [0.15, 0.2) is 0 Å². The summed E-state index contributed by atoms with van der Waals surface area (Å²) in [4.78, 5) is 4.23. The van der Waals surface area contributed by atoms with Crippen LogP contribution in [0.25, 0.3) is 0 Å². The molecule has 0 atom stereocenters.